The predicted octanol–water partition coefficient (Wildman–Crippen LogP) is 6.48. The van der Waals surface area contributed by atoms with Gasteiger partial charge >= 0.3 is 13.8 Å². The van der Waals surface area contributed by atoms with Crippen molar-refractivity contribution in [1.29, 1.82) is 0 Å². The average Bonchev–Trinajstić information content (AvgIpc) is 3.25. The lowest BCUT2D eigenvalue weighted by Crippen LogP contribution is -2.37. The highest BCUT2D eigenvalue weighted by Crippen LogP contribution is 2.52. The molecule has 0 fully saturated rings. The third-order valence-electron chi connectivity index (χ3n) is 9.69. The van der Waals surface area contributed by atoms with Gasteiger partial charge in [0, 0.05) is 5.56 Å². The Hall–Kier alpha value is -2.26. The Labute approximate surface area is 275 Å². The summed E-state index contributed by atoms with van der Waals surface area (Å²) in [7, 11) is -5.03. The van der Waals surface area contributed by atoms with Crippen LogP contribution >= 0.6 is 7.82 Å². The molecule has 0 bridgehead atoms. The van der Waals surface area contributed by atoms with Gasteiger partial charge in [0.05, 0.1) is 6.61 Å². The van der Waals surface area contributed by atoms with E-state index in [1.54, 1.807) is 13.8 Å². The van der Waals surface area contributed by atoms with Crippen molar-refractivity contribution in [2.45, 2.75) is 144 Å². The van der Waals surface area contributed by atoms with E-state index in [0.29, 0.717) is 23.5 Å². The largest absolute Gasteiger partial charge is 0.870 e. The number of cyclic esters (lactones) is 1. The van der Waals surface area contributed by atoms with E-state index in [2.05, 4.69) is 34.6 Å². The van der Waals surface area contributed by atoms with Crippen LogP contribution in [0.5, 0.6) is 11.5 Å². The first-order chi connectivity index (χ1) is 21.5. The molecule has 0 saturated carbocycles. The Kier molecular flexibility index (Phi) is 13.5. The molecule has 2 heterocycles. The van der Waals surface area contributed by atoms with Crippen LogP contribution in [0.2, 0.25) is 0 Å². The van der Waals surface area contributed by atoms with Crippen LogP contribution in [-0.2, 0) is 25.0 Å². The Morgan fingerprint density at radius 3 is 2.13 bits per heavy atom. The van der Waals surface area contributed by atoms with Crippen molar-refractivity contribution in [2.24, 2.45) is 17.8 Å². The second-order valence-corrected chi connectivity index (χ2v) is 15.6. The summed E-state index contributed by atoms with van der Waals surface area (Å²) < 4.78 is 34.7. The van der Waals surface area contributed by atoms with E-state index >= 15 is 0 Å². The number of carbonyl (C=O) groups excluding carboxylic acids is 1. The summed E-state index contributed by atoms with van der Waals surface area (Å²) in [4.78, 5) is 22.7. The Morgan fingerprint density at radius 2 is 1.54 bits per heavy atom. The molecule has 4 unspecified atom stereocenters. The van der Waals surface area contributed by atoms with Gasteiger partial charge < -0.3 is 33.8 Å². The number of ether oxygens (including phenoxy) is 2. The molecule has 1 aromatic carbocycles. The molecule has 3 N–H and O–H groups in total. The van der Waals surface area contributed by atoms with Crippen LogP contribution in [0.4, 0.5) is 0 Å². The highest BCUT2D eigenvalue weighted by molar-refractivity contribution is 7.48. The van der Waals surface area contributed by atoms with Crippen molar-refractivity contribution in [3.8, 4) is 11.5 Å². The van der Waals surface area contributed by atoms with Crippen LogP contribution in [0.1, 0.15) is 121 Å². The molecule has 3 rings (SSSR count). The van der Waals surface area contributed by atoms with E-state index < -0.39 is 44.1 Å². The normalized spacial score (nSPS) is 23.0. The lowest BCUT2D eigenvalue weighted by atomic mass is 9.84. The van der Waals surface area contributed by atoms with Crippen LogP contribution in [0.25, 0.3) is 0 Å². The summed E-state index contributed by atoms with van der Waals surface area (Å²) in [5.41, 5.74) is 2.51. The average molecular weight is 668 g/mol. The van der Waals surface area contributed by atoms with Crippen LogP contribution in [0, 0.1) is 38.5 Å². The number of rotatable bonds is 18. The number of aliphatic hydroxyl groups excluding tert-OH is 2. The third kappa shape index (κ3) is 9.88. The summed E-state index contributed by atoms with van der Waals surface area (Å²) in [6.45, 7) is 16.0. The number of esters is 1. The summed E-state index contributed by atoms with van der Waals surface area (Å²) in [6, 6.07) is 0. The lowest BCUT2D eigenvalue weighted by Gasteiger charge is -2.38. The van der Waals surface area contributed by atoms with Gasteiger partial charge in [-0.05, 0) is 93.6 Å². The topological polar surface area (TPSA) is 155 Å². The van der Waals surface area contributed by atoms with Gasteiger partial charge in [-0.2, -0.15) is 0 Å². The van der Waals surface area contributed by atoms with Crippen molar-refractivity contribution in [1.82, 2.24) is 0 Å². The van der Waals surface area contributed by atoms with Crippen molar-refractivity contribution < 1.29 is 48.1 Å². The summed E-state index contributed by atoms with van der Waals surface area (Å²) >= 11 is 0. The maximum absolute atomic E-state index is 13.0. The number of phosphoric acid groups is 1. The Balaban J connectivity index is 1.59. The van der Waals surface area contributed by atoms with Crippen LogP contribution in [-0.4, -0.2) is 45.5 Å². The smallest absolute Gasteiger partial charge is 0.585 e. The maximum atomic E-state index is 13.0. The number of fused-ring (bicyclic) bond motifs is 1. The van der Waals surface area contributed by atoms with Gasteiger partial charge in [0.2, 0.25) is 5.76 Å². The number of hydrogen-bond donors (Lipinski definition) is 3. The minimum atomic E-state index is -5.03. The van der Waals surface area contributed by atoms with Crippen LogP contribution in [0.3, 0.4) is 0 Å². The van der Waals surface area contributed by atoms with Gasteiger partial charge in [-0.1, -0.05) is 72.6 Å². The number of benzene rings is 1. The van der Waals surface area contributed by atoms with Crippen molar-refractivity contribution >= 4 is 13.8 Å². The molecule has 262 valence electrons. The van der Waals surface area contributed by atoms with Crippen molar-refractivity contribution in [3.05, 3.63) is 33.8 Å². The van der Waals surface area contributed by atoms with E-state index in [1.165, 1.54) is 38.5 Å². The second kappa shape index (κ2) is 16.2. The lowest BCUT2D eigenvalue weighted by molar-refractivity contribution is -0.323. The molecule has 0 saturated heterocycles. The van der Waals surface area contributed by atoms with Gasteiger partial charge in [0.1, 0.15) is 29.3 Å². The SMILES string of the molecule is Cc1c(C)c2c(c(C)c1OP(=O)(O)OC1=C([O-])[C@@H]([C@@H](O)CO)OC1=O)CCC(C)(CCCC(C)CCCC(C)CCCC(C)C)O2. The van der Waals surface area contributed by atoms with E-state index in [9.17, 15) is 24.5 Å². The summed E-state index contributed by atoms with van der Waals surface area (Å²) in [5.74, 6) is -0.395. The number of carbonyl (C=O) groups is 1. The molecule has 46 heavy (non-hydrogen) atoms. The quantitative estimate of drug-likeness (QED) is 0.117. The van der Waals surface area contributed by atoms with Crippen LogP contribution < -0.4 is 14.4 Å². The minimum absolute atomic E-state index is 0.115. The number of phosphoric ester groups is 1. The Bertz CT molecular complexity index is 1290. The summed E-state index contributed by atoms with van der Waals surface area (Å²) in [5, 5.41) is 31.2. The first-order valence-corrected chi connectivity index (χ1v) is 18.4. The first-order valence-electron chi connectivity index (χ1n) is 16.9. The zero-order valence-corrected chi connectivity index (χ0v) is 29.9. The van der Waals surface area contributed by atoms with Gasteiger partial charge in [0.15, 0.2) is 0 Å². The second-order valence-electron chi connectivity index (χ2n) is 14.3. The monoisotopic (exact) mass is 667 g/mol. The molecule has 2 aliphatic heterocycles. The number of aliphatic hydroxyl groups is 2. The fourth-order valence-corrected chi connectivity index (χ4v) is 7.47. The van der Waals surface area contributed by atoms with Crippen molar-refractivity contribution in [3.63, 3.8) is 0 Å². The fourth-order valence-electron chi connectivity index (χ4n) is 6.53. The molecule has 0 aliphatic carbocycles. The summed E-state index contributed by atoms with van der Waals surface area (Å²) in [6.07, 6.45) is 9.07. The standard InChI is InChI=1S/C35H57O10P/c1-21(2)12-9-13-22(3)14-10-15-23(4)16-11-18-35(8)19-17-27-26(7)30(24(5)25(6)31(27)43-35)44-46(40,41)45-33-29(38)32(28(37)20-36)42-34(33)39/h21-23,28,32,36-38H,9-20H2,1-8H3,(H,40,41)/p-1/t22?,23?,28-,32+,35?/m0/s1. The van der Waals surface area contributed by atoms with Gasteiger partial charge in [-0.3, -0.25) is 4.89 Å². The van der Waals surface area contributed by atoms with E-state index in [-0.39, 0.29) is 11.4 Å². The van der Waals surface area contributed by atoms with Crippen LogP contribution in [0.15, 0.2) is 11.5 Å². The molecule has 2 aliphatic rings. The zero-order chi connectivity index (χ0) is 34.4. The molecule has 0 spiro atoms. The van der Waals surface area contributed by atoms with E-state index in [4.69, 9.17) is 23.6 Å². The fraction of sp³-hybridized carbons (Fsp3) is 0.743. The van der Waals surface area contributed by atoms with Gasteiger partial charge in [-0.25, -0.2) is 9.36 Å². The van der Waals surface area contributed by atoms with Crippen molar-refractivity contribution in [2.75, 3.05) is 6.61 Å². The molecule has 0 radical (unpaired) electrons. The molecular formula is C35H56O10P-. The van der Waals surface area contributed by atoms with Gasteiger partial charge in [-0.15, -0.1) is 0 Å². The first kappa shape index (κ1) is 38.2. The predicted molar refractivity (Wildman–Crippen MR) is 174 cm³/mol. The molecule has 10 nitrogen and oxygen atoms in total. The van der Waals surface area contributed by atoms with E-state index in [0.717, 1.165) is 54.4 Å². The zero-order valence-electron chi connectivity index (χ0n) is 29.0. The van der Waals surface area contributed by atoms with E-state index in [1.807, 2.05) is 6.92 Å². The highest BCUT2D eigenvalue weighted by Gasteiger charge is 2.41. The highest BCUT2D eigenvalue weighted by atomic mass is 31.2. The number of hydrogen-bond acceptors (Lipinski definition) is 9. The maximum Gasteiger partial charge on any atom is 0.585 e. The third-order valence-corrected chi connectivity index (χ3v) is 10.5. The minimum Gasteiger partial charge on any atom is -0.870 e. The van der Waals surface area contributed by atoms with Gasteiger partial charge in [0.25, 0.3) is 0 Å². The molecular weight excluding hydrogens is 611 g/mol. The molecule has 6 atom stereocenters. The molecule has 0 aromatic heterocycles. The molecule has 1 aromatic rings. The molecule has 11 heteroatoms. The molecule has 0 amide bonds. The Morgan fingerprint density at radius 1 is 0.957 bits per heavy atom.